The van der Waals surface area contributed by atoms with E-state index < -0.39 is 5.97 Å². The lowest BCUT2D eigenvalue weighted by atomic mass is 10.1. The molecule has 0 aliphatic rings. The molecule has 1 unspecified atom stereocenters. The van der Waals surface area contributed by atoms with Gasteiger partial charge in [0.15, 0.2) is 0 Å². The van der Waals surface area contributed by atoms with Crippen molar-refractivity contribution < 1.29 is 19.1 Å². The highest BCUT2D eigenvalue weighted by atomic mass is 32.1. The van der Waals surface area contributed by atoms with E-state index in [0.717, 1.165) is 50.0 Å². The summed E-state index contributed by atoms with van der Waals surface area (Å²) in [6.07, 6.45) is 5.38. The number of amides is 2. The number of carbonyl (C=O) groups excluding carboxylic acids is 3. The zero-order chi connectivity index (χ0) is 22.7. The maximum Gasteiger partial charge on any atom is 0.341 e. The number of hydrogen-bond acceptors (Lipinski definition) is 6. The van der Waals surface area contributed by atoms with Gasteiger partial charge in [-0.25, -0.2) is 4.79 Å². The largest absolute Gasteiger partial charge is 0.462 e. The predicted octanol–water partition coefficient (Wildman–Crippen LogP) is 4.21. The van der Waals surface area contributed by atoms with Crippen molar-refractivity contribution >= 4 is 34.1 Å². The van der Waals surface area contributed by atoms with Crippen LogP contribution < -0.4 is 10.6 Å². The molecule has 0 fully saturated rings. The second-order valence-electron chi connectivity index (χ2n) is 7.42. The molecule has 1 atom stereocenters. The van der Waals surface area contributed by atoms with Gasteiger partial charge in [0, 0.05) is 13.1 Å². The minimum Gasteiger partial charge on any atom is -0.462 e. The molecule has 1 heterocycles. The number of anilines is 1. The lowest BCUT2D eigenvalue weighted by Crippen LogP contribution is -2.40. The van der Waals surface area contributed by atoms with Gasteiger partial charge in [-0.2, -0.15) is 0 Å². The predicted molar refractivity (Wildman–Crippen MR) is 123 cm³/mol. The topological polar surface area (TPSA) is 87.7 Å². The fourth-order valence-corrected chi connectivity index (χ4v) is 4.51. The Morgan fingerprint density at radius 3 is 2.40 bits per heavy atom. The molecule has 0 saturated heterocycles. The Labute approximate surface area is 184 Å². The lowest BCUT2D eigenvalue weighted by Gasteiger charge is -2.28. The Hall–Kier alpha value is -1.93. The van der Waals surface area contributed by atoms with Crippen LogP contribution in [0.15, 0.2) is 0 Å². The summed E-state index contributed by atoms with van der Waals surface area (Å²) >= 11 is 1.11. The van der Waals surface area contributed by atoms with Gasteiger partial charge in [0.25, 0.3) is 5.91 Å². The first-order valence-corrected chi connectivity index (χ1v) is 11.7. The van der Waals surface area contributed by atoms with Crippen molar-refractivity contribution in [2.24, 2.45) is 0 Å². The molecule has 0 bridgehead atoms. The third-order valence-corrected chi connectivity index (χ3v) is 6.24. The van der Waals surface area contributed by atoms with E-state index in [4.69, 9.17) is 4.74 Å². The number of carbonyl (C=O) groups is 3. The van der Waals surface area contributed by atoms with Gasteiger partial charge in [0.1, 0.15) is 5.00 Å². The van der Waals surface area contributed by atoms with Crippen LogP contribution in [0, 0.1) is 6.92 Å². The monoisotopic (exact) mass is 439 g/mol. The summed E-state index contributed by atoms with van der Waals surface area (Å²) in [4.78, 5) is 40.1. The fraction of sp³-hybridized carbons (Fsp3) is 0.682. The summed E-state index contributed by atoms with van der Waals surface area (Å²) in [6.45, 7) is 11.2. The van der Waals surface area contributed by atoms with Gasteiger partial charge in [-0.1, -0.05) is 33.1 Å². The van der Waals surface area contributed by atoms with E-state index in [1.54, 1.807) is 13.8 Å². The molecular weight excluding hydrogens is 402 g/mol. The summed E-state index contributed by atoms with van der Waals surface area (Å²) in [5, 5.41) is 5.81. The Morgan fingerprint density at radius 2 is 1.83 bits per heavy atom. The van der Waals surface area contributed by atoms with Gasteiger partial charge in [0.05, 0.1) is 23.6 Å². The first kappa shape index (κ1) is 26.1. The van der Waals surface area contributed by atoms with Gasteiger partial charge in [-0.3, -0.25) is 14.5 Å². The summed E-state index contributed by atoms with van der Waals surface area (Å²) in [5.74, 6) is -1.01. The highest BCUT2D eigenvalue weighted by Crippen LogP contribution is 2.33. The van der Waals surface area contributed by atoms with Gasteiger partial charge in [-0.05, 0) is 45.7 Å². The average molecular weight is 440 g/mol. The maximum atomic E-state index is 12.9. The van der Waals surface area contributed by atoms with Crippen molar-refractivity contribution in [2.45, 2.75) is 72.8 Å². The molecule has 0 aliphatic heterocycles. The van der Waals surface area contributed by atoms with E-state index in [0.29, 0.717) is 21.5 Å². The molecule has 170 valence electrons. The molecular formula is C22H37N3O4S. The quantitative estimate of drug-likeness (QED) is 0.355. The molecule has 0 saturated carbocycles. The van der Waals surface area contributed by atoms with Crippen molar-refractivity contribution in [3.63, 3.8) is 0 Å². The molecule has 0 aliphatic carbocycles. The van der Waals surface area contributed by atoms with Crippen molar-refractivity contribution in [1.29, 1.82) is 0 Å². The van der Waals surface area contributed by atoms with Crippen LogP contribution in [0.2, 0.25) is 0 Å². The summed E-state index contributed by atoms with van der Waals surface area (Å²) in [7, 11) is 1.53. The third kappa shape index (κ3) is 7.40. The normalized spacial score (nSPS) is 12.0. The second-order valence-corrected chi connectivity index (χ2v) is 8.44. The van der Waals surface area contributed by atoms with Crippen LogP contribution in [0.25, 0.3) is 0 Å². The number of rotatable bonds is 13. The van der Waals surface area contributed by atoms with E-state index in [1.165, 1.54) is 7.05 Å². The van der Waals surface area contributed by atoms with E-state index in [9.17, 15) is 14.4 Å². The van der Waals surface area contributed by atoms with E-state index in [-0.39, 0.29) is 30.5 Å². The van der Waals surface area contributed by atoms with Crippen molar-refractivity contribution in [1.82, 2.24) is 10.2 Å². The minimum absolute atomic E-state index is 0.190. The Bertz CT molecular complexity index is 717. The number of ether oxygens (including phenoxy) is 1. The first-order valence-electron chi connectivity index (χ1n) is 10.9. The minimum atomic E-state index is -0.532. The van der Waals surface area contributed by atoms with Crippen LogP contribution in [0.5, 0.6) is 0 Å². The lowest BCUT2D eigenvalue weighted by molar-refractivity contribution is -0.117. The zero-order valence-electron chi connectivity index (χ0n) is 19.2. The van der Waals surface area contributed by atoms with Crippen LogP contribution >= 0.6 is 11.3 Å². The zero-order valence-corrected chi connectivity index (χ0v) is 20.0. The maximum absolute atomic E-state index is 12.9. The molecule has 30 heavy (non-hydrogen) atoms. The third-order valence-electron chi connectivity index (χ3n) is 5.04. The van der Waals surface area contributed by atoms with Crippen LogP contribution in [0.3, 0.4) is 0 Å². The van der Waals surface area contributed by atoms with Crippen LogP contribution in [-0.4, -0.2) is 55.5 Å². The highest BCUT2D eigenvalue weighted by Gasteiger charge is 2.27. The van der Waals surface area contributed by atoms with Crippen LogP contribution in [0.1, 0.15) is 85.4 Å². The molecule has 1 rings (SSSR count). The number of nitrogens with zero attached hydrogens (tertiary/aromatic N) is 1. The summed E-state index contributed by atoms with van der Waals surface area (Å²) < 4.78 is 5.15. The standard InChI is InChI=1S/C22H37N3O4S/c1-7-10-11-13-25(15(4)12-8-2)14-17(26)24-21-18(22(28)29-9-3)16(5)19(30-21)20(27)23-6/h15H,7-14H2,1-6H3,(H,23,27)(H,24,26). The number of hydrogen-bond donors (Lipinski definition) is 2. The SMILES string of the molecule is CCCCCN(CC(=O)Nc1sc(C(=O)NC)c(C)c1C(=O)OCC)C(C)CCC. The van der Waals surface area contributed by atoms with E-state index in [1.807, 2.05) is 0 Å². The summed E-state index contributed by atoms with van der Waals surface area (Å²) in [6, 6.07) is 0.300. The molecule has 0 aromatic carbocycles. The molecule has 1 aromatic rings. The number of thiophene rings is 1. The molecule has 2 amide bonds. The Morgan fingerprint density at radius 1 is 1.13 bits per heavy atom. The first-order chi connectivity index (χ1) is 14.3. The van der Waals surface area contributed by atoms with Gasteiger partial charge in [-0.15, -0.1) is 11.3 Å². The molecule has 0 spiro atoms. The molecule has 0 radical (unpaired) electrons. The van der Waals surface area contributed by atoms with Gasteiger partial charge < -0.3 is 15.4 Å². The smallest absolute Gasteiger partial charge is 0.341 e. The number of nitrogens with one attached hydrogen (secondary N) is 2. The summed E-state index contributed by atoms with van der Waals surface area (Å²) in [5.41, 5.74) is 0.778. The molecule has 7 nitrogen and oxygen atoms in total. The van der Waals surface area contributed by atoms with E-state index >= 15 is 0 Å². The van der Waals surface area contributed by atoms with Gasteiger partial charge in [0.2, 0.25) is 5.91 Å². The Balaban J connectivity index is 3.05. The van der Waals surface area contributed by atoms with Crippen LogP contribution in [-0.2, 0) is 9.53 Å². The molecule has 1 aromatic heterocycles. The Kier molecular flexibility index (Phi) is 11.7. The van der Waals surface area contributed by atoms with E-state index in [2.05, 4.69) is 36.3 Å². The van der Waals surface area contributed by atoms with Crippen molar-refractivity contribution in [3.05, 3.63) is 16.0 Å². The number of esters is 1. The van der Waals surface area contributed by atoms with Crippen LogP contribution in [0.4, 0.5) is 5.00 Å². The van der Waals surface area contributed by atoms with Gasteiger partial charge >= 0.3 is 5.97 Å². The van der Waals surface area contributed by atoms with Crippen molar-refractivity contribution in [2.75, 3.05) is 32.1 Å². The highest BCUT2D eigenvalue weighted by molar-refractivity contribution is 7.18. The fourth-order valence-electron chi connectivity index (χ4n) is 3.35. The average Bonchev–Trinajstić information content (AvgIpc) is 3.02. The number of unbranched alkanes of at least 4 members (excludes halogenated alkanes) is 2. The molecule has 8 heteroatoms. The van der Waals surface area contributed by atoms with Crippen molar-refractivity contribution in [3.8, 4) is 0 Å². The molecule has 2 N–H and O–H groups in total. The second kappa shape index (κ2) is 13.4.